The van der Waals surface area contributed by atoms with Crippen molar-refractivity contribution in [1.82, 2.24) is 0 Å². The van der Waals surface area contributed by atoms with Crippen LogP contribution in [0.4, 0.5) is 10.5 Å². The molecule has 1 N–H and O–H groups in total. The van der Waals surface area contributed by atoms with Gasteiger partial charge in [0.05, 0.1) is 12.0 Å². The zero-order valence-corrected chi connectivity index (χ0v) is 17.3. The minimum Gasteiger partial charge on any atom is -0.458 e. The first kappa shape index (κ1) is 22.6. The Labute approximate surface area is 185 Å². The van der Waals surface area contributed by atoms with Gasteiger partial charge in [0.15, 0.2) is 6.10 Å². The normalized spacial score (nSPS) is 11.1. The van der Waals surface area contributed by atoms with Gasteiger partial charge in [0.25, 0.3) is 0 Å². The van der Waals surface area contributed by atoms with Crippen LogP contribution in [0.15, 0.2) is 91.0 Å². The van der Waals surface area contributed by atoms with Crippen LogP contribution in [0, 0.1) is 0 Å². The topological polar surface area (TPSA) is 90.9 Å². The second-order valence-corrected chi connectivity index (χ2v) is 6.83. The molecule has 1 unspecified atom stereocenters. The summed E-state index contributed by atoms with van der Waals surface area (Å²) in [6.45, 7) is -0.534. The number of rotatable bonds is 9. The van der Waals surface area contributed by atoms with Gasteiger partial charge in [0.2, 0.25) is 0 Å². The van der Waals surface area contributed by atoms with Gasteiger partial charge in [-0.3, -0.25) is 10.1 Å². The first-order chi connectivity index (χ1) is 15.6. The van der Waals surface area contributed by atoms with Crippen LogP contribution in [0.5, 0.6) is 0 Å². The van der Waals surface area contributed by atoms with E-state index in [0.717, 1.165) is 5.56 Å². The molecule has 164 valence electrons. The van der Waals surface area contributed by atoms with Crippen LogP contribution in [-0.4, -0.2) is 37.3 Å². The summed E-state index contributed by atoms with van der Waals surface area (Å²) in [5.41, 5.74) is 1.70. The van der Waals surface area contributed by atoms with Gasteiger partial charge in [0, 0.05) is 5.69 Å². The SMILES string of the molecule is O=C(Cc1ccccc1)OC(COC(=O)Nc1ccccc1)COC(=O)c1ccccc1. The predicted octanol–water partition coefficient (Wildman–Crippen LogP) is 4.25. The van der Waals surface area contributed by atoms with Gasteiger partial charge < -0.3 is 14.2 Å². The van der Waals surface area contributed by atoms with Gasteiger partial charge in [-0.2, -0.15) is 0 Å². The van der Waals surface area contributed by atoms with Crippen LogP contribution in [0.25, 0.3) is 0 Å². The first-order valence-corrected chi connectivity index (χ1v) is 10.0. The summed E-state index contributed by atoms with van der Waals surface area (Å²) in [6, 6.07) is 26.3. The van der Waals surface area contributed by atoms with Crippen molar-refractivity contribution in [3.05, 3.63) is 102 Å². The highest BCUT2D eigenvalue weighted by Crippen LogP contribution is 2.08. The summed E-state index contributed by atoms with van der Waals surface area (Å²) < 4.78 is 15.9. The largest absolute Gasteiger partial charge is 0.458 e. The monoisotopic (exact) mass is 433 g/mol. The minimum absolute atomic E-state index is 0.0418. The lowest BCUT2D eigenvalue weighted by Crippen LogP contribution is -2.32. The van der Waals surface area contributed by atoms with Crippen LogP contribution in [-0.2, 0) is 25.4 Å². The lowest BCUT2D eigenvalue weighted by Gasteiger charge is -2.18. The van der Waals surface area contributed by atoms with Crippen LogP contribution >= 0.6 is 0 Å². The van der Waals surface area contributed by atoms with Gasteiger partial charge in [-0.05, 0) is 29.8 Å². The number of carbonyl (C=O) groups is 3. The van der Waals surface area contributed by atoms with Gasteiger partial charge >= 0.3 is 18.0 Å². The average Bonchev–Trinajstić information content (AvgIpc) is 2.82. The van der Waals surface area contributed by atoms with Crippen molar-refractivity contribution in [2.75, 3.05) is 18.5 Å². The fraction of sp³-hybridized carbons (Fsp3) is 0.160. The first-order valence-electron chi connectivity index (χ1n) is 10.0. The van der Waals surface area contributed by atoms with Crippen LogP contribution in [0.3, 0.4) is 0 Å². The van der Waals surface area contributed by atoms with Crippen molar-refractivity contribution < 1.29 is 28.6 Å². The van der Waals surface area contributed by atoms with Crippen LogP contribution in [0.1, 0.15) is 15.9 Å². The number of hydrogen-bond donors (Lipinski definition) is 1. The van der Waals surface area contributed by atoms with E-state index in [1.165, 1.54) is 0 Å². The number of ether oxygens (including phenoxy) is 3. The number of para-hydroxylation sites is 1. The molecule has 1 atom stereocenters. The minimum atomic E-state index is -0.958. The molecule has 3 aromatic rings. The maximum absolute atomic E-state index is 12.4. The third-order valence-corrected chi connectivity index (χ3v) is 4.32. The summed E-state index contributed by atoms with van der Waals surface area (Å²) in [5, 5.41) is 2.57. The number of carbonyl (C=O) groups excluding carboxylic acids is 3. The Bertz CT molecular complexity index is 1010. The average molecular weight is 433 g/mol. The molecule has 3 aromatic carbocycles. The zero-order valence-electron chi connectivity index (χ0n) is 17.3. The molecule has 0 saturated heterocycles. The maximum Gasteiger partial charge on any atom is 0.411 e. The summed E-state index contributed by atoms with van der Waals surface area (Å²) in [5.74, 6) is -1.09. The summed E-state index contributed by atoms with van der Waals surface area (Å²) in [6.07, 6.45) is -1.63. The highest BCUT2D eigenvalue weighted by atomic mass is 16.6. The lowest BCUT2D eigenvalue weighted by molar-refractivity contribution is -0.152. The molecule has 3 rings (SSSR count). The number of hydrogen-bond acceptors (Lipinski definition) is 6. The molecule has 0 aliphatic heterocycles. The highest BCUT2D eigenvalue weighted by Gasteiger charge is 2.20. The molecular weight excluding hydrogens is 410 g/mol. The van der Waals surface area contributed by atoms with Crippen LogP contribution in [0.2, 0.25) is 0 Å². The molecule has 0 bridgehead atoms. The number of benzene rings is 3. The van der Waals surface area contributed by atoms with E-state index >= 15 is 0 Å². The van der Waals surface area contributed by atoms with E-state index in [2.05, 4.69) is 5.32 Å². The van der Waals surface area contributed by atoms with E-state index in [9.17, 15) is 14.4 Å². The van der Waals surface area contributed by atoms with Crippen molar-refractivity contribution >= 4 is 23.7 Å². The van der Waals surface area contributed by atoms with Crippen molar-refractivity contribution in [1.29, 1.82) is 0 Å². The zero-order chi connectivity index (χ0) is 22.6. The quantitative estimate of drug-likeness (QED) is 0.401. The standard InChI is InChI=1S/C25H23NO6/c27-23(16-19-10-4-1-5-11-19)32-22(17-30-24(28)20-12-6-2-7-13-20)18-31-25(29)26-21-14-8-3-9-15-21/h1-15,22H,16-18H2,(H,26,29). The molecule has 0 radical (unpaired) electrons. The van der Waals surface area contributed by atoms with Crippen molar-refractivity contribution in [3.63, 3.8) is 0 Å². The van der Waals surface area contributed by atoms with Crippen molar-refractivity contribution in [2.24, 2.45) is 0 Å². The molecule has 0 aliphatic carbocycles. The van der Waals surface area contributed by atoms with E-state index < -0.39 is 24.1 Å². The number of anilines is 1. The fourth-order valence-corrected chi connectivity index (χ4v) is 2.78. The summed E-state index contributed by atoms with van der Waals surface area (Å²) >= 11 is 0. The maximum atomic E-state index is 12.4. The Hall–Kier alpha value is -4.13. The predicted molar refractivity (Wildman–Crippen MR) is 118 cm³/mol. The van der Waals surface area contributed by atoms with E-state index in [4.69, 9.17) is 14.2 Å². The Morgan fingerprint density at radius 3 is 1.94 bits per heavy atom. The highest BCUT2D eigenvalue weighted by molar-refractivity contribution is 5.89. The van der Waals surface area contributed by atoms with Gasteiger partial charge in [-0.1, -0.05) is 66.7 Å². The Kier molecular flexibility index (Phi) is 8.39. The Morgan fingerprint density at radius 2 is 1.28 bits per heavy atom. The van der Waals surface area contributed by atoms with Gasteiger partial charge in [-0.15, -0.1) is 0 Å². The molecule has 7 heteroatoms. The molecule has 0 heterocycles. The summed E-state index contributed by atoms with van der Waals surface area (Å²) in [4.78, 5) is 36.6. The number of esters is 2. The van der Waals surface area contributed by atoms with E-state index in [-0.39, 0.29) is 19.6 Å². The lowest BCUT2D eigenvalue weighted by atomic mass is 10.1. The van der Waals surface area contributed by atoms with Crippen molar-refractivity contribution in [3.8, 4) is 0 Å². The second kappa shape index (κ2) is 11.9. The molecule has 1 amide bonds. The van der Waals surface area contributed by atoms with Gasteiger partial charge in [0.1, 0.15) is 13.2 Å². The molecular formula is C25H23NO6. The molecule has 32 heavy (non-hydrogen) atoms. The molecule has 0 fully saturated rings. The molecule has 0 saturated carbocycles. The summed E-state index contributed by atoms with van der Waals surface area (Å²) in [7, 11) is 0. The second-order valence-electron chi connectivity index (χ2n) is 6.83. The Morgan fingerprint density at radius 1 is 0.719 bits per heavy atom. The third kappa shape index (κ3) is 7.60. The molecule has 0 aromatic heterocycles. The van der Waals surface area contributed by atoms with Crippen LogP contribution < -0.4 is 5.32 Å². The van der Waals surface area contributed by atoms with E-state index in [0.29, 0.717) is 11.3 Å². The number of amides is 1. The smallest absolute Gasteiger partial charge is 0.411 e. The fourth-order valence-electron chi connectivity index (χ4n) is 2.78. The van der Waals surface area contributed by atoms with E-state index in [1.54, 1.807) is 66.7 Å². The Balaban J connectivity index is 1.56. The third-order valence-electron chi connectivity index (χ3n) is 4.32. The molecule has 0 aliphatic rings. The molecule has 7 nitrogen and oxygen atoms in total. The number of nitrogens with one attached hydrogen (secondary N) is 1. The van der Waals surface area contributed by atoms with Gasteiger partial charge in [-0.25, -0.2) is 9.59 Å². The van der Waals surface area contributed by atoms with E-state index in [1.807, 2.05) is 24.3 Å². The van der Waals surface area contributed by atoms with Crippen molar-refractivity contribution in [2.45, 2.75) is 12.5 Å². The molecule has 0 spiro atoms.